The third-order valence-corrected chi connectivity index (χ3v) is 6.90. The van der Waals surface area contributed by atoms with Crippen LogP contribution in [0.1, 0.15) is 28.8 Å². The number of benzene rings is 2. The van der Waals surface area contributed by atoms with Crippen molar-refractivity contribution in [3.63, 3.8) is 0 Å². The molecule has 0 aromatic heterocycles. The molecule has 6 nitrogen and oxygen atoms in total. The Morgan fingerprint density at radius 3 is 2.54 bits per heavy atom. The molecule has 1 aliphatic heterocycles. The Labute approximate surface area is 170 Å². The number of carbonyl (C=O) groups is 1. The lowest BCUT2D eigenvalue weighted by Crippen LogP contribution is -2.29. The molecule has 1 saturated heterocycles. The van der Waals surface area contributed by atoms with Crippen molar-refractivity contribution >= 4 is 27.5 Å². The summed E-state index contributed by atoms with van der Waals surface area (Å²) in [6.45, 7) is 1.33. The Morgan fingerprint density at radius 1 is 1.18 bits per heavy atom. The molecule has 0 bridgehead atoms. The van der Waals surface area contributed by atoms with Crippen molar-refractivity contribution in [1.82, 2.24) is 9.21 Å². The van der Waals surface area contributed by atoms with Crippen LogP contribution in [0.3, 0.4) is 0 Å². The van der Waals surface area contributed by atoms with E-state index in [0.717, 1.165) is 18.4 Å². The molecular formula is C20H23ClN2O4S. The van der Waals surface area contributed by atoms with Gasteiger partial charge in [0.1, 0.15) is 10.6 Å². The number of hydrogen-bond acceptors (Lipinski definition) is 4. The SMILES string of the molecule is COc1ccc(C(=O)N(C)Cc2cccc(Cl)c2)cc1S(=O)(=O)N1CCCC1. The molecule has 28 heavy (non-hydrogen) atoms. The number of carbonyl (C=O) groups excluding carboxylic acids is 1. The van der Waals surface area contributed by atoms with Crippen molar-refractivity contribution in [2.24, 2.45) is 0 Å². The second-order valence-electron chi connectivity index (χ2n) is 6.77. The van der Waals surface area contributed by atoms with Crippen LogP contribution in [0.4, 0.5) is 0 Å². The topological polar surface area (TPSA) is 66.9 Å². The zero-order valence-corrected chi connectivity index (χ0v) is 17.5. The van der Waals surface area contributed by atoms with Gasteiger partial charge in [-0.15, -0.1) is 0 Å². The van der Waals surface area contributed by atoms with E-state index in [1.807, 2.05) is 12.1 Å². The van der Waals surface area contributed by atoms with E-state index in [-0.39, 0.29) is 16.6 Å². The van der Waals surface area contributed by atoms with Gasteiger partial charge in [-0.2, -0.15) is 4.31 Å². The van der Waals surface area contributed by atoms with Gasteiger partial charge in [-0.25, -0.2) is 8.42 Å². The fourth-order valence-electron chi connectivity index (χ4n) is 3.28. The van der Waals surface area contributed by atoms with Gasteiger partial charge in [0.2, 0.25) is 10.0 Å². The van der Waals surface area contributed by atoms with Gasteiger partial charge in [0.25, 0.3) is 5.91 Å². The molecule has 0 spiro atoms. The third kappa shape index (κ3) is 4.32. The zero-order chi connectivity index (χ0) is 20.3. The van der Waals surface area contributed by atoms with Gasteiger partial charge >= 0.3 is 0 Å². The van der Waals surface area contributed by atoms with Crippen LogP contribution in [-0.4, -0.2) is 50.8 Å². The van der Waals surface area contributed by atoms with Crippen molar-refractivity contribution in [3.05, 3.63) is 58.6 Å². The first kappa shape index (κ1) is 20.6. The number of nitrogens with zero attached hydrogens (tertiary/aromatic N) is 2. The molecule has 0 atom stereocenters. The van der Waals surface area contributed by atoms with Crippen LogP contribution < -0.4 is 4.74 Å². The van der Waals surface area contributed by atoms with E-state index in [1.54, 1.807) is 25.2 Å². The van der Waals surface area contributed by atoms with Crippen LogP contribution in [0.25, 0.3) is 0 Å². The van der Waals surface area contributed by atoms with E-state index < -0.39 is 10.0 Å². The van der Waals surface area contributed by atoms with Gasteiger partial charge in [-0.3, -0.25) is 4.79 Å². The highest BCUT2D eigenvalue weighted by Crippen LogP contribution is 2.30. The fraction of sp³-hybridized carbons (Fsp3) is 0.350. The number of ether oxygens (including phenoxy) is 1. The van der Waals surface area contributed by atoms with E-state index in [0.29, 0.717) is 30.2 Å². The molecule has 0 aliphatic carbocycles. The molecule has 2 aromatic rings. The minimum Gasteiger partial charge on any atom is -0.495 e. The van der Waals surface area contributed by atoms with Gasteiger partial charge in [-0.05, 0) is 48.7 Å². The first-order chi connectivity index (χ1) is 13.3. The number of hydrogen-bond donors (Lipinski definition) is 0. The highest BCUT2D eigenvalue weighted by atomic mass is 35.5. The lowest BCUT2D eigenvalue weighted by Gasteiger charge is -2.20. The van der Waals surface area contributed by atoms with Crippen LogP contribution in [0, 0.1) is 0 Å². The molecule has 2 aromatic carbocycles. The number of halogens is 1. The molecule has 1 amide bonds. The van der Waals surface area contributed by atoms with E-state index in [4.69, 9.17) is 16.3 Å². The van der Waals surface area contributed by atoms with Gasteiger partial charge in [-0.1, -0.05) is 23.7 Å². The Bertz CT molecular complexity index is 972. The smallest absolute Gasteiger partial charge is 0.253 e. The maximum absolute atomic E-state index is 13.0. The number of sulfonamides is 1. The van der Waals surface area contributed by atoms with Gasteiger partial charge in [0.15, 0.2) is 0 Å². The Kier molecular flexibility index (Phi) is 6.27. The van der Waals surface area contributed by atoms with Gasteiger partial charge in [0, 0.05) is 37.3 Å². The average molecular weight is 423 g/mol. The van der Waals surface area contributed by atoms with Gasteiger partial charge in [0.05, 0.1) is 7.11 Å². The third-order valence-electron chi connectivity index (χ3n) is 4.75. The van der Waals surface area contributed by atoms with Crippen molar-refractivity contribution in [1.29, 1.82) is 0 Å². The summed E-state index contributed by atoms with van der Waals surface area (Å²) < 4.78 is 32.7. The van der Waals surface area contributed by atoms with Crippen molar-refractivity contribution in [3.8, 4) is 5.75 Å². The summed E-state index contributed by atoms with van der Waals surface area (Å²) in [5.74, 6) is -0.0403. The second kappa shape index (κ2) is 8.51. The van der Waals surface area contributed by atoms with E-state index in [1.165, 1.54) is 28.4 Å². The highest BCUT2D eigenvalue weighted by Gasteiger charge is 2.31. The lowest BCUT2D eigenvalue weighted by molar-refractivity contribution is 0.0785. The Morgan fingerprint density at radius 2 is 1.89 bits per heavy atom. The summed E-state index contributed by atoms with van der Waals surface area (Å²) in [6, 6.07) is 11.8. The summed E-state index contributed by atoms with van der Waals surface area (Å²) in [7, 11) is -0.617. The first-order valence-corrected chi connectivity index (χ1v) is 10.8. The number of amides is 1. The quantitative estimate of drug-likeness (QED) is 0.715. The average Bonchev–Trinajstić information content (AvgIpc) is 3.22. The molecule has 0 radical (unpaired) electrons. The summed E-state index contributed by atoms with van der Waals surface area (Å²) >= 11 is 6.00. The maximum atomic E-state index is 13.0. The number of methoxy groups -OCH3 is 1. The predicted molar refractivity (Wildman–Crippen MR) is 108 cm³/mol. The van der Waals surface area contributed by atoms with Crippen LogP contribution in [0.15, 0.2) is 47.4 Å². The lowest BCUT2D eigenvalue weighted by atomic mass is 10.1. The molecule has 0 N–H and O–H groups in total. The van der Waals surface area contributed by atoms with Gasteiger partial charge < -0.3 is 9.64 Å². The van der Waals surface area contributed by atoms with Crippen molar-refractivity contribution in [2.75, 3.05) is 27.2 Å². The minimum atomic E-state index is -3.71. The highest BCUT2D eigenvalue weighted by molar-refractivity contribution is 7.89. The monoisotopic (exact) mass is 422 g/mol. The van der Waals surface area contributed by atoms with Crippen LogP contribution in [0.5, 0.6) is 5.75 Å². The van der Waals surface area contributed by atoms with Crippen molar-refractivity contribution in [2.45, 2.75) is 24.3 Å². The molecule has 0 unspecified atom stereocenters. The Hall–Kier alpha value is -2.09. The van der Waals surface area contributed by atoms with Crippen LogP contribution in [-0.2, 0) is 16.6 Å². The normalized spacial score (nSPS) is 14.8. The molecule has 1 heterocycles. The first-order valence-electron chi connectivity index (χ1n) is 9.01. The molecule has 150 valence electrons. The molecule has 0 saturated carbocycles. The van der Waals surface area contributed by atoms with Crippen LogP contribution >= 0.6 is 11.6 Å². The summed E-state index contributed by atoms with van der Waals surface area (Å²) in [4.78, 5) is 14.4. The maximum Gasteiger partial charge on any atom is 0.253 e. The van der Waals surface area contributed by atoms with Crippen molar-refractivity contribution < 1.29 is 17.9 Å². The number of rotatable bonds is 6. The fourth-order valence-corrected chi connectivity index (χ4v) is 5.19. The second-order valence-corrected chi connectivity index (χ2v) is 9.11. The van der Waals surface area contributed by atoms with E-state index >= 15 is 0 Å². The summed E-state index contributed by atoms with van der Waals surface area (Å²) in [6.07, 6.45) is 1.67. The largest absolute Gasteiger partial charge is 0.495 e. The molecule has 1 fully saturated rings. The Balaban J connectivity index is 1.88. The van der Waals surface area contributed by atoms with E-state index in [9.17, 15) is 13.2 Å². The molecule has 3 rings (SSSR count). The van der Waals surface area contributed by atoms with Crippen LogP contribution in [0.2, 0.25) is 5.02 Å². The predicted octanol–water partition coefficient (Wildman–Crippen LogP) is 3.41. The standard InChI is InChI=1S/C20H23ClN2O4S/c1-22(14-15-6-5-7-17(21)12-15)20(24)16-8-9-18(27-2)19(13-16)28(25,26)23-10-3-4-11-23/h5-9,12-13H,3-4,10-11,14H2,1-2H3. The molecule has 1 aliphatic rings. The molecular weight excluding hydrogens is 400 g/mol. The summed E-state index contributed by atoms with van der Waals surface area (Å²) in [5, 5.41) is 0.599. The summed E-state index contributed by atoms with van der Waals surface area (Å²) in [5.41, 5.74) is 1.19. The molecule has 8 heteroatoms. The van der Waals surface area contributed by atoms with E-state index in [2.05, 4.69) is 0 Å². The minimum absolute atomic E-state index is 0.0268. The zero-order valence-electron chi connectivity index (χ0n) is 15.9.